The fourth-order valence-electron chi connectivity index (χ4n) is 9.03. The van der Waals surface area contributed by atoms with E-state index in [4.69, 9.17) is 28.4 Å². The molecule has 9 rings (SSSR count). The highest BCUT2D eigenvalue weighted by molar-refractivity contribution is 7.91. The second-order valence-electron chi connectivity index (χ2n) is 17.5. The van der Waals surface area contributed by atoms with Crippen molar-refractivity contribution in [1.82, 2.24) is 19.5 Å². The Morgan fingerprint density at radius 1 is 0.838 bits per heavy atom. The second kappa shape index (κ2) is 21.9. The smallest absolute Gasteiger partial charge is 0.414 e. The standard InChI is InChI=1S/C54H53N7O12S/c1-59(2)44-14-8-13-43-42(44)12-9-15-47(43)74(66,67)31-30-71-53(63)58-52-56-50-49(51(57-52)70-29-28-35-16-22-39(23-17-35)61(64)65)55-34-60(50)48-32-45(62)46(73-48)33-72-54(36-10-6-5-7-11-36,37-18-24-40(68-3)25-19-37)38-20-26-41(69-4)27-21-38/h5-27,34,45-46,48,62H,28-33H2,1-4H3,(H,56,57,58,63)/t45-,46+,48+/m0/s1. The molecule has 8 aromatic rings. The van der Waals surface area contributed by atoms with Gasteiger partial charge < -0.3 is 38.4 Å². The van der Waals surface area contributed by atoms with Crippen LogP contribution in [0, 0.1) is 10.1 Å². The van der Waals surface area contributed by atoms with Crippen LogP contribution in [0.4, 0.5) is 22.1 Å². The summed E-state index contributed by atoms with van der Waals surface area (Å²) in [6.45, 7) is -0.516. The van der Waals surface area contributed by atoms with E-state index in [1.807, 2.05) is 110 Å². The first-order valence-corrected chi connectivity index (χ1v) is 25.2. The van der Waals surface area contributed by atoms with Crippen LogP contribution >= 0.6 is 0 Å². The van der Waals surface area contributed by atoms with Crippen LogP contribution in [0.2, 0.25) is 0 Å². The number of rotatable bonds is 20. The van der Waals surface area contributed by atoms with Crippen molar-refractivity contribution in [1.29, 1.82) is 0 Å². The Kier molecular flexibility index (Phi) is 15.0. The van der Waals surface area contributed by atoms with Gasteiger partial charge >= 0.3 is 6.09 Å². The fraction of sp³-hybridized carbons (Fsp3) is 0.259. The van der Waals surface area contributed by atoms with Crippen molar-refractivity contribution in [2.75, 3.05) is 64.1 Å². The molecule has 3 heterocycles. The summed E-state index contributed by atoms with van der Waals surface area (Å²) in [6.07, 6.45) is -1.87. The summed E-state index contributed by atoms with van der Waals surface area (Å²) in [4.78, 5) is 39.8. The number of nitro groups is 1. The van der Waals surface area contributed by atoms with Gasteiger partial charge in [0.2, 0.25) is 11.8 Å². The lowest BCUT2D eigenvalue weighted by Crippen LogP contribution is -2.38. The average Bonchev–Trinajstić information content (AvgIpc) is 4.02. The molecule has 0 aliphatic carbocycles. The van der Waals surface area contributed by atoms with Gasteiger partial charge in [0, 0.05) is 55.5 Å². The lowest BCUT2D eigenvalue weighted by atomic mass is 9.80. The zero-order chi connectivity index (χ0) is 52.0. The van der Waals surface area contributed by atoms with Crippen molar-refractivity contribution < 1.29 is 51.7 Å². The predicted octanol–water partition coefficient (Wildman–Crippen LogP) is 8.27. The number of carbonyl (C=O) groups is 1. The normalized spacial score (nSPS) is 15.7. The molecule has 20 heteroatoms. The third-order valence-corrected chi connectivity index (χ3v) is 14.5. The number of imidazole rings is 1. The first kappa shape index (κ1) is 50.8. The number of hydrogen-bond acceptors (Lipinski definition) is 16. The van der Waals surface area contributed by atoms with E-state index in [0.29, 0.717) is 23.3 Å². The molecule has 0 saturated carbocycles. The number of nitrogens with zero attached hydrogens (tertiary/aromatic N) is 6. The molecule has 6 aromatic carbocycles. The molecule has 1 amide bonds. The largest absolute Gasteiger partial charge is 0.497 e. The maximum atomic E-state index is 13.7. The highest BCUT2D eigenvalue weighted by Gasteiger charge is 2.42. The number of nitro benzene ring substituents is 1. The molecule has 0 unspecified atom stereocenters. The van der Waals surface area contributed by atoms with Crippen LogP contribution in [0.3, 0.4) is 0 Å². The summed E-state index contributed by atoms with van der Waals surface area (Å²) in [5.41, 5.74) is 3.13. The first-order valence-electron chi connectivity index (χ1n) is 23.6. The second-order valence-corrected chi connectivity index (χ2v) is 19.6. The van der Waals surface area contributed by atoms with Crippen LogP contribution in [0.1, 0.15) is 34.9 Å². The Labute approximate surface area is 426 Å². The molecule has 2 N–H and O–H groups in total. The Bertz CT molecular complexity index is 3330. The number of ether oxygens (including phenoxy) is 6. The van der Waals surface area contributed by atoms with E-state index in [1.54, 1.807) is 49.1 Å². The van der Waals surface area contributed by atoms with Crippen LogP contribution in [-0.4, -0.2) is 110 Å². The minimum absolute atomic E-state index is 0.0216. The molecule has 1 saturated heterocycles. The molecule has 0 radical (unpaired) electrons. The van der Waals surface area contributed by atoms with Gasteiger partial charge in [-0.1, -0.05) is 91.0 Å². The molecule has 74 heavy (non-hydrogen) atoms. The van der Waals surface area contributed by atoms with Gasteiger partial charge in [0.25, 0.3) is 5.69 Å². The minimum Gasteiger partial charge on any atom is -0.497 e. The van der Waals surface area contributed by atoms with Crippen LogP contribution in [0.25, 0.3) is 21.9 Å². The van der Waals surface area contributed by atoms with Gasteiger partial charge in [-0.3, -0.25) is 20.0 Å². The lowest BCUT2D eigenvalue weighted by molar-refractivity contribution is -0.384. The minimum atomic E-state index is -3.92. The van der Waals surface area contributed by atoms with Gasteiger partial charge in [-0.2, -0.15) is 9.97 Å². The summed E-state index contributed by atoms with van der Waals surface area (Å²) in [7, 11) is 3.02. The number of aromatic nitrogens is 4. The Balaban J connectivity index is 0.967. The molecule has 1 aliphatic heterocycles. The summed E-state index contributed by atoms with van der Waals surface area (Å²) >= 11 is 0. The summed E-state index contributed by atoms with van der Waals surface area (Å²) < 4.78 is 65.1. The monoisotopic (exact) mass is 1020 g/mol. The average molecular weight is 1020 g/mol. The molecule has 0 spiro atoms. The van der Waals surface area contributed by atoms with Crippen molar-refractivity contribution in [2.24, 2.45) is 0 Å². The van der Waals surface area contributed by atoms with Gasteiger partial charge in [0.15, 0.2) is 21.0 Å². The summed E-state index contributed by atoms with van der Waals surface area (Å²) in [5, 5.41) is 26.7. The number of hydrogen-bond donors (Lipinski definition) is 2. The lowest BCUT2D eigenvalue weighted by Gasteiger charge is -2.37. The fourth-order valence-corrected chi connectivity index (χ4v) is 10.4. The zero-order valence-corrected chi connectivity index (χ0v) is 41.7. The van der Waals surface area contributed by atoms with Gasteiger partial charge in [-0.05, 0) is 58.7 Å². The van der Waals surface area contributed by atoms with Gasteiger partial charge in [0.05, 0.1) is 55.4 Å². The van der Waals surface area contributed by atoms with Gasteiger partial charge in [-0.25, -0.2) is 18.2 Å². The SMILES string of the molecule is COc1ccc(C(OC[C@H]2O[C@@H](n3cnc4c(OCCc5ccc([N+](=O)[O-])cc5)nc(NC(=O)OCCS(=O)(=O)c5cccc6c(N(C)C)cccc56)nc43)C[C@@H]2O)(c2ccccc2)c2ccc(OC)cc2)cc1. The highest BCUT2D eigenvalue weighted by atomic mass is 32.2. The number of carbonyl (C=O) groups excluding carboxylic acids is 1. The molecular weight excluding hydrogens is 971 g/mol. The van der Waals surface area contributed by atoms with E-state index >= 15 is 0 Å². The highest BCUT2D eigenvalue weighted by Crippen LogP contribution is 2.43. The molecule has 382 valence electrons. The number of anilines is 2. The third kappa shape index (κ3) is 10.6. The van der Waals surface area contributed by atoms with E-state index in [-0.39, 0.29) is 53.2 Å². The Morgan fingerprint density at radius 2 is 1.49 bits per heavy atom. The number of sulfone groups is 1. The van der Waals surface area contributed by atoms with E-state index < -0.39 is 57.3 Å². The van der Waals surface area contributed by atoms with Crippen LogP contribution in [0.15, 0.2) is 151 Å². The maximum absolute atomic E-state index is 13.7. The van der Waals surface area contributed by atoms with E-state index in [2.05, 4.69) is 20.3 Å². The van der Waals surface area contributed by atoms with E-state index in [9.17, 15) is 28.4 Å². The number of methoxy groups -OCH3 is 2. The van der Waals surface area contributed by atoms with Crippen molar-refractivity contribution >= 4 is 55.2 Å². The Hall–Kier alpha value is -8.17. The molecular formula is C54H53N7O12S. The van der Waals surface area contributed by atoms with Crippen molar-refractivity contribution in [3.05, 3.63) is 178 Å². The first-order chi connectivity index (χ1) is 35.8. The molecule has 1 fully saturated rings. The van der Waals surface area contributed by atoms with E-state index in [1.165, 1.54) is 24.5 Å². The molecule has 1 aliphatic rings. The number of benzene rings is 6. The Morgan fingerprint density at radius 3 is 2.14 bits per heavy atom. The molecule has 0 bridgehead atoms. The van der Waals surface area contributed by atoms with Crippen LogP contribution in [0.5, 0.6) is 17.4 Å². The quantitative estimate of drug-likeness (QED) is 0.0416. The van der Waals surface area contributed by atoms with Crippen LogP contribution < -0.4 is 24.4 Å². The number of fused-ring (bicyclic) bond motifs is 2. The number of non-ortho nitro benzene ring substituents is 1. The summed E-state index contributed by atoms with van der Waals surface area (Å²) in [5.74, 6) is 0.540. The van der Waals surface area contributed by atoms with Crippen LogP contribution in [-0.2, 0) is 36.1 Å². The molecule has 2 aromatic heterocycles. The molecule has 3 atom stereocenters. The molecule has 19 nitrogen and oxygen atoms in total. The summed E-state index contributed by atoms with van der Waals surface area (Å²) in [6, 6.07) is 41.4. The van der Waals surface area contributed by atoms with E-state index in [0.717, 1.165) is 33.3 Å². The van der Waals surface area contributed by atoms with Gasteiger partial charge in [-0.15, -0.1) is 0 Å². The topological polar surface area (TPSA) is 229 Å². The van der Waals surface area contributed by atoms with Crippen molar-refractivity contribution in [3.8, 4) is 17.4 Å². The maximum Gasteiger partial charge on any atom is 0.414 e. The number of amides is 1. The van der Waals surface area contributed by atoms with Crippen molar-refractivity contribution in [3.63, 3.8) is 0 Å². The van der Waals surface area contributed by atoms with Crippen molar-refractivity contribution in [2.45, 2.75) is 41.8 Å². The number of aliphatic hydroxyl groups excluding tert-OH is 1. The zero-order valence-electron chi connectivity index (χ0n) is 40.9. The number of nitrogens with one attached hydrogen (secondary N) is 1. The third-order valence-electron chi connectivity index (χ3n) is 12.8. The predicted molar refractivity (Wildman–Crippen MR) is 276 cm³/mol. The van der Waals surface area contributed by atoms with Gasteiger partial charge in [0.1, 0.15) is 36.0 Å². The number of aliphatic hydroxyl groups is 1.